The third-order valence-corrected chi connectivity index (χ3v) is 2.46. The van der Waals surface area contributed by atoms with Gasteiger partial charge in [-0.25, -0.2) is 0 Å². The predicted molar refractivity (Wildman–Crippen MR) is 66.5 cm³/mol. The van der Waals surface area contributed by atoms with E-state index in [2.05, 4.69) is 10.1 Å². The number of carbonyl (C=O) groups is 3. The number of nitrogens with one attached hydrogen (secondary N) is 1. The normalized spacial score (nSPS) is 11.8. The van der Waals surface area contributed by atoms with Crippen molar-refractivity contribution >= 4 is 17.7 Å². The van der Waals surface area contributed by atoms with Crippen molar-refractivity contribution in [3.63, 3.8) is 0 Å². The highest BCUT2D eigenvalue weighted by Gasteiger charge is 2.16. The molecule has 0 radical (unpaired) electrons. The SMILES string of the molecule is CC(=O)COC(=O)CNC(=O)c1ccc2c(c1)OCO2. The number of carbonyl (C=O) groups excluding carboxylic acids is 3. The van der Waals surface area contributed by atoms with Gasteiger partial charge >= 0.3 is 5.97 Å². The number of rotatable bonds is 5. The quantitative estimate of drug-likeness (QED) is 0.778. The van der Waals surface area contributed by atoms with Crippen LogP contribution in [-0.4, -0.2) is 37.6 Å². The molecule has 1 amide bonds. The molecule has 0 aliphatic carbocycles. The Morgan fingerprint density at radius 3 is 2.75 bits per heavy atom. The van der Waals surface area contributed by atoms with Crippen molar-refractivity contribution in [1.29, 1.82) is 0 Å². The van der Waals surface area contributed by atoms with E-state index in [4.69, 9.17) is 9.47 Å². The van der Waals surface area contributed by atoms with E-state index in [0.29, 0.717) is 17.1 Å². The van der Waals surface area contributed by atoms with Gasteiger partial charge in [0.15, 0.2) is 17.3 Å². The Balaban J connectivity index is 1.86. The molecular weight excluding hydrogens is 266 g/mol. The number of amides is 1. The van der Waals surface area contributed by atoms with Gasteiger partial charge in [0.2, 0.25) is 6.79 Å². The summed E-state index contributed by atoms with van der Waals surface area (Å²) < 4.78 is 14.9. The van der Waals surface area contributed by atoms with E-state index in [1.807, 2.05) is 0 Å². The zero-order valence-corrected chi connectivity index (χ0v) is 10.8. The molecule has 106 valence electrons. The van der Waals surface area contributed by atoms with Crippen molar-refractivity contribution < 1.29 is 28.6 Å². The Kier molecular flexibility index (Phi) is 4.19. The number of ether oxygens (including phenoxy) is 3. The number of esters is 1. The Bertz CT molecular complexity index is 554. The summed E-state index contributed by atoms with van der Waals surface area (Å²) in [6, 6.07) is 4.70. The van der Waals surface area contributed by atoms with E-state index in [9.17, 15) is 14.4 Å². The molecule has 1 aromatic carbocycles. The van der Waals surface area contributed by atoms with Crippen LogP contribution in [-0.2, 0) is 14.3 Å². The fraction of sp³-hybridized carbons (Fsp3) is 0.308. The summed E-state index contributed by atoms with van der Waals surface area (Å²) in [5.41, 5.74) is 0.341. The van der Waals surface area contributed by atoms with Gasteiger partial charge in [-0.15, -0.1) is 0 Å². The van der Waals surface area contributed by atoms with Crippen LogP contribution in [0.5, 0.6) is 11.5 Å². The molecule has 1 aliphatic rings. The van der Waals surface area contributed by atoms with E-state index in [1.165, 1.54) is 13.0 Å². The van der Waals surface area contributed by atoms with Gasteiger partial charge in [-0.05, 0) is 25.1 Å². The average Bonchev–Trinajstić information content (AvgIpc) is 2.89. The second kappa shape index (κ2) is 6.05. The van der Waals surface area contributed by atoms with Crippen molar-refractivity contribution in [2.45, 2.75) is 6.92 Å². The second-order valence-electron chi connectivity index (χ2n) is 4.11. The van der Waals surface area contributed by atoms with Crippen molar-refractivity contribution in [3.8, 4) is 11.5 Å². The van der Waals surface area contributed by atoms with E-state index in [1.54, 1.807) is 12.1 Å². The summed E-state index contributed by atoms with van der Waals surface area (Å²) in [5, 5.41) is 2.39. The molecule has 1 aliphatic heterocycles. The number of benzene rings is 1. The first-order chi connectivity index (χ1) is 9.56. The topological polar surface area (TPSA) is 90.9 Å². The lowest BCUT2D eigenvalue weighted by molar-refractivity contribution is -0.146. The van der Waals surface area contributed by atoms with Gasteiger partial charge < -0.3 is 19.5 Å². The van der Waals surface area contributed by atoms with Crippen LogP contribution in [0.4, 0.5) is 0 Å². The van der Waals surface area contributed by atoms with Crippen LogP contribution in [0.25, 0.3) is 0 Å². The number of fused-ring (bicyclic) bond motifs is 1. The first-order valence-corrected chi connectivity index (χ1v) is 5.89. The minimum Gasteiger partial charge on any atom is -0.456 e. The molecule has 1 heterocycles. The molecule has 0 unspecified atom stereocenters. The molecule has 0 bridgehead atoms. The first-order valence-electron chi connectivity index (χ1n) is 5.89. The molecule has 0 saturated heterocycles. The molecule has 0 aromatic heterocycles. The lowest BCUT2D eigenvalue weighted by Gasteiger charge is -2.06. The van der Waals surface area contributed by atoms with Gasteiger partial charge in [0, 0.05) is 5.56 Å². The molecular formula is C13H13NO6. The largest absolute Gasteiger partial charge is 0.456 e. The summed E-state index contributed by atoms with van der Waals surface area (Å²) in [7, 11) is 0. The molecule has 20 heavy (non-hydrogen) atoms. The monoisotopic (exact) mass is 279 g/mol. The molecule has 7 heteroatoms. The van der Waals surface area contributed by atoms with Crippen LogP contribution in [0.1, 0.15) is 17.3 Å². The summed E-state index contributed by atoms with van der Waals surface area (Å²) in [4.78, 5) is 33.7. The molecule has 2 rings (SSSR count). The molecule has 0 atom stereocenters. The fourth-order valence-corrected chi connectivity index (χ4v) is 1.53. The van der Waals surface area contributed by atoms with Crippen molar-refractivity contribution in [3.05, 3.63) is 23.8 Å². The van der Waals surface area contributed by atoms with Crippen molar-refractivity contribution in [2.24, 2.45) is 0 Å². The number of Topliss-reactive ketones (excluding diaryl/α,β-unsaturated/α-hetero) is 1. The summed E-state index contributed by atoms with van der Waals surface area (Å²) in [6.45, 7) is 0.829. The van der Waals surface area contributed by atoms with Crippen LogP contribution < -0.4 is 14.8 Å². The van der Waals surface area contributed by atoms with Gasteiger partial charge in [-0.2, -0.15) is 0 Å². The zero-order valence-electron chi connectivity index (χ0n) is 10.8. The van der Waals surface area contributed by atoms with Crippen molar-refractivity contribution in [2.75, 3.05) is 19.9 Å². The smallest absolute Gasteiger partial charge is 0.325 e. The fourth-order valence-electron chi connectivity index (χ4n) is 1.53. The maximum absolute atomic E-state index is 11.8. The van der Waals surface area contributed by atoms with E-state index in [0.717, 1.165) is 0 Å². The molecule has 7 nitrogen and oxygen atoms in total. The summed E-state index contributed by atoms with van der Waals surface area (Å²) in [5.74, 6) is -0.322. The average molecular weight is 279 g/mol. The standard InChI is InChI=1S/C13H13NO6/c1-8(15)6-18-12(16)5-14-13(17)9-2-3-10-11(4-9)20-7-19-10/h2-4H,5-7H2,1H3,(H,14,17). The minimum absolute atomic E-state index is 0.123. The van der Waals surface area contributed by atoms with Crippen LogP contribution >= 0.6 is 0 Å². The summed E-state index contributed by atoms with van der Waals surface area (Å²) in [6.07, 6.45) is 0. The molecule has 0 spiro atoms. The molecule has 1 aromatic rings. The van der Waals surface area contributed by atoms with Gasteiger partial charge in [0.25, 0.3) is 5.91 Å². The minimum atomic E-state index is -0.672. The molecule has 1 N–H and O–H groups in total. The highest BCUT2D eigenvalue weighted by atomic mass is 16.7. The van der Waals surface area contributed by atoms with Gasteiger partial charge in [-0.3, -0.25) is 14.4 Å². The zero-order chi connectivity index (χ0) is 14.5. The van der Waals surface area contributed by atoms with Gasteiger partial charge in [-0.1, -0.05) is 0 Å². The van der Waals surface area contributed by atoms with Crippen molar-refractivity contribution in [1.82, 2.24) is 5.32 Å². The third-order valence-electron chi connectivity index (χ3n) is 2.46. The highest BCUT2D eigenvalue weighted by Crippen LogP contribution is 2.32. The van der Waals surface area contributed by atoms with E-state index < -0.39 is 11.9 Å². The van der Waals surface area contributed by atoms with E-state index in [-0.39, 0.29) is 25.7 Å². The van der Waals surface area contributed by atoms with Gasteiger partial charge in [0.1, 0.15) is 13.2 Å². The number of hydrogen-bond acceptors (Lipinski definition) is 6. The number of ketones is 1. The highest BCUT2D eigenvalue weighted by molar-refractivity contribution is 5.96. The van der Waals surface area contributed by atoms with Crippen LogP contribution in [0, 0.1) is 0 Å². The van der Waals surface area contributed by atoms with Gasteiger partial charge in [0.05, 0.1) is 0 Å². The maximum Gasteiger partial charge on any atom is 0.325 e. The van der Waals surface area contributed by atoms with Crippen LogP contribution in [0.2, 0.25) is 0 Å². The Morgan fingerprint density at radius 1 is 1.25 bits per heavy atom. The molecule has 0 saturated carbocycles. The lowest BCUT2D eigenvalue weighted by atomic mass is 10.2. The Labute approximate surface area is 114 Å². The summed E-state index contributed by atoms with van der Waals surface area (Å²) >= 11 is 0. The van der Waals surface area contributed by atoms with E-state index >= 15 is 0 Å². The number of hydrogen-bond donors (Lipinski definition) is 1. The predicted octanol–water partition coefficient (Wildman–Crippen LogP) is 0.277. The lowest BCUT2D eigenvalue weighted by Crippen LogP contribution is -2.31. The Morgan fingerprint density at radius 2 is 2.00 bits per heavy atom. The van der Waals surface area contributed by atoms with Crippen LogP contribution in [0.15, 0.2) is 18.2 Å². The molecule has 0 fully saturated rings. The van der Waals surface area contributed by atoms with Crippen LogP contribution in [0.3, 0.4) is 0 Å². The third kappa shape index (κ3) is 3.47. The first kappa shape index (κ1) is 13.9. The maximum atomic E-state index is 11.8. The Hall–Kier alpha value is -2.57. The second-order valence-corrected chi connectivity index (χ2v) is 4.11.